The number of nitrogens with two attached hydrogens (primary N) is 1. The first kappa shape index (κ1) is 14.7. The highest BCUT2D eigenvalue weighted by Gasteiger charge is 2.31. The Morgan fingerprint density at radius 1 is 0.708 bits per heavy atom. The van der Waals surface area contributed by atoms with Gasteiger partial charge in [-0.1, -0.05) is 42.1 Å². The number of hydrogen-bond acceptors (Lipinski definition) is 4. The summed E-state index contributed by atoms with van der Waals surface area (Å²) in [6, 6.07) is 20.1. The Morgan fingerprint density at radius 2 is 1.50 bits per heavy atom. The van der Waals surface area contributed by atoms with Crippen LogP contribution in [-0.4, -0.2) is 11.6 Å². The lowest BCUT2D eigenvalue weighted by atomic mass is 9.84. The average molecular weight is 331 g/mol. The Bertz CT molecular complexity index is 980. The maximum absolute atomic E-state index is 13.0. The molecule has 0 saturated heterocycles. The number of anilines is 1. The average Bonchev–Trinajstić information content (AvgIpc) is 2.60. The summed E-state index contributed by atoms with van der Waals surface area (Å²) in [5.41, 5.74) is 7.98. The highest BCUT2D eigenvalue weighted by atomic mass is 32.2. The summed E-state index contributed by atoms with van der Waals surface area (Å²) in [7, 11) is 0. The van der Waals surface area contributed by atoms with Gasteiger partial charge in [-0.15, -0.1) is 0 Å². The first-order valence-electron chi connectivity index (χ1n) is 7.50. The van der Waals surface area contributed by atoms with Gasteiger partial charge >= 0.3 is 0 Å². The van der Waals surface area contributed by atoms with Crippen molar-refractivity contribution in [2.75, 3.05) is 5.73 Å². The minimum Gasteiger partial charge on any atom is -0.399 e. The topological polar surface area (TPSA) is 60.2 Å². The molecule has 1 aliphatic carbocycles. The fraction of sp³-hybridized carbons (Fsp3) is 0. The lowest BCUT2D eigenvalue weighted by Gasteiger charge is -2.20. The highest BCUT2D eigenvalue weighted by molar-refractivity contribution is 7.99. The molecule has 0 atom stereocenters. The number of rotatable bonds is 2. The number of carbonyl (C=O) groups excluding carboxylic acids is 2. The van der Waals surface area contributed by atoms with Gasteiger partial charge in [0.1, 0.15) is 0 Å². The van der Waals surface area contributed by atoms with E-state index >= 15 is 0 Å². The van der Waals surface area contributed by atoms with E-state index in [1.165, 1.54) is 11.8 Å². The Hall–Kier alpha value is -2.85. The summed E-state index contributed by atoms with van der Waals surface area (Å²) in [6.07, 6.45) is 0. The van der Waals surface area contributed by atoms with E-state index in [0.717, 1.165) is 9.79 Å². The van der Waals surface area contributed by atoms with Crippen LogP contribution in [0.3, 0.4) is 0 Å². The third-order valence-corrected chi connectivity index (χ3v) is 5.07. The molecular formula is C20H13NO2S. The predicted molar refractivity (Wildman–Crippen MR) is 94.7 cm³/mol. The summed E-state index contributed by atoms with van der Waals surface area (Å²) in [6.45, 7) is 0. The monoisotopic (exact) mass is 331 g/mol. The number of fused-ring (bicyclic) bond motifs is 2. The first-order valence-corrected chi connectivity index (χ1v) is 8.31. The SMILES string of the molecule is Nc1ccc2c(c1)C(=O)c1cccc(Sc3ccccc3)c1C2=O. The molecule has 0 bridgehead atoms. The molecule has 0 fully saturated rings. The molecule has 1 aliphatic rings. The van der Waals surface area contributed by atoms with E-state index in [0.29, 0.717) is 27.9 Å². The van der Waals surface area contributed by atoms with Gasteiger partial charge in [-0.25, -0.2) is 0 Å². The molecule has 0 radical (unpaired) electrons. The van der Waals surface area contributed by atoms with Crippen LogP contribution in [0, 0.1) is 0 Å². The number of hydrogen-bond donors (Lipinski definition) is 1. The van der Waals surface area contributed by atoms with E-state index in [9.17, 15) is 9.59 Å². The molecule has 4 heteroatoms. The fourth-order valence-corrected chi connectivity index (χ4v) is 3.88. The summed E-state index contributed by atoms with van der Waals surface area (Å²) in [4.78, 5) is 27.6. The van der Waals surface area contributed by atoms with Gasteiger partial charge in [0.25, 0.3) is 0 Å². The van der Waals surface area contributed by atoms with Gasteiger partial charge < -0.3 is 5.73 Å². The van der Waals surface area contributed by atoms with Crippen molar-refractivity contribution in [3.63, 3.8) is 0 Å². The van der Waals surface area contributed by atoms with Crippen LogP contribution in [0.2, 0.25) is 0 Å². The summed E-state index contributed by atoms with van der Waals surface area (Å²) >= 11 is 1.49. The fourth-order valence-electron chi connectivity index (χ4n) is 2.88. The highest BCUT2D eigenvalue weighted by Crippen LogP contribution is 2.37. The van der Waals surface area contributed by atoms with Gasteiger partial charge in [0, 0.05) is 37.7 Å². The second-order valence-corrected chi connectivity index (χ2v) is 6.67. The lowest BCUT2D eigenvalue weighted by Crippen LogP contribution is -2.21. The van der Waals surface area contributed by atoms with E-state index in [1.807, 2.05) is 42.5 Å². The zero-order chi connectivity index (χ0) is 16.7. The van der Waals surface area contributed by atoms with Crippen LogP contribution in [-0.2, 0) is 0 Å². The normalized spacial score (nSPS) is 12.7. The van der Waals surface area contributed by atoms with Crippen LogP contribution in [0.1, 0.15) is 31.8 Å². The smallest absolute Gasteiger partial charge is 0.195 e. The van der Waals surface area contributed by atoms with Crippen molar-refractivity contribution in [2.45, 2.75) is 9.79 Å². The second kappa shape index (κ2) is 5.65. The molecule has 24 heavy (non-hydrogen) atoms. The standard InChI is InChI=1S/C20H13NO2S/c21-12-9-10-14-16(11-12)19(22)15-7-4-8-17(18(15)20(14)23)24-13-5-2-1-3-6-13/h1-11H,21H2. The minimum atomic E-state index is -0.151. The van der Waals surface area contributed by atoms with Gasteiger partial charge in [0.2, 0.25) is 0 Å². The van der Waals surface area contributed by atoms with Crippen molar-refractivity contribution in [3.8, 4) is 0 Å². The van der Waals surface area contributed by atoms with Crippen LogP contribution >= 0.6 is 11.8 Å². The van der Waals surface area contributed by atoms with Crippen LogP contribution in [0.4, 0.5) is 5.69 Å². The number of ketones is 2. The molecule has 3 nitrogen and oxygen atoms in total. The largest absolute Gasteiger partial charge is 0.399 e. The van der Waals surface area contributed by atoms with Crippen LogP contribution < -0.4 is 5.73 Å². The van der Waals surface area contributed by atoms with Crippen LogP contribution in [0.5, 0.6) is 0 Å². The molecule has 0 saturated carbocycles. The minimum absolute atomic E-state index is 0.126. The molecular weight excluding hydrogens is 318 g/mol. The van der Waals surface area contributed by atoms with Gasteiger partial charge in [0.15, 0.2) is 11.6 Å². The maximum atomic E-state index is 13.0. The molecule has 3 aromatic carbocycles. The van der Waals surface area contributed by atoms with E-state index in [1.54, 1.807) is 24.3 Å². The molecule has 0 aromatic heterocycles. The molecule has 0 aliphatic heterocycles. The quantitative estimate of drug-likeness (QED) is 0.559. The zero-order valence-corrected chi connectivity index (χ0v) is 13.5. The van der Waals surface area contributed by atoms with Crippen LogP contribution in [0.25, 0.3) is 0 Å². The molecule has 116 valence electrons. The molecule has 0 heterocycles. The van der Waals surface area contributed by atoms with Crippen molar-refractivity contribution >= 4 is 29.0 Å². The Balaban J connectivity index is 1.87. The number of benzene rings is 3. The van der Waals surface area contributed by atoms with E-state index in [4.69, 9.17) is 5.73 Å². The number of nitrogen functional groups attached to an aromatic ring is 1. The van der Waals surface area contributed by atoms with Gasteiger partial charge in [-0.05, 0) is 36.4 Å². The Labute approximate surface area is 143 Å². The zero-order valence-electron chi connectivity index (χ0n) is 12.7. The molecule has 2 N–H and O–H groups in total. The molecule has 0 unspecified atom stereocenters. The summed E-state index contributed by atoms with van der Waals surface area (Å²) in [5, 5.41) is 0. The predicted octanol–water partition coefficient (Wildman–Crippen LogP) is 4.20. The second-order valence-electron chi connectivity index (χ2n) is 5.56. The van der Waals surface area contributed by atoms with Crippen molar-refractivity contribution in [1.82, 2.24) is 0 Å². The van der Waals surface area contributed by atoms with Crippen molar-refractivity contribution in [2.24, 2.45) is 0 Å². The maximum Gasteiger partial charge on any atom is 0.195 e. The third kappa shape index (κ3) is 2.32. The summed E-state index contributed by atoms with van der Waals surface area (Å²) < 4.78 is 0. The Kier molecular flexibility index (Phi) is 3.47. The van der Waals surface area contributed by atoms with E-state index in [2.05, 4.69) is 0 Å². The third-order valence-electron chi connectivity index (χ3n) is 4.00. The lowest BCUT2D eigenvalue weighted by molar-refractivity contribution is 0.0977. The molecule has 0 spiro atoms. The molecule has 3 aromatic rings. The van der Waals surface area contributed by atoms with Gasteiger partial charge in [0.05, 0.1) is 0 Å². The molecule has 0 amide bonds. The summed E-state index contributed by atoms with van der Waals surface area (Å²) in [5.74, 6) is -0.277. The van der Waals surface area contributed by atoms with Crippen molar-refractivity contribution < 1.29 is 9.59 Å². The van der Waals surface area contributed by atoms with Gasteiger partial charge in [-0.3, -0.25) is 9.59 Å². The Morgan fingerprint density at radius 3 is 2.29 bits per heavy atom. The van der Waals surface area contributed by atoms with E-state index < -0.39 is 0 Å². The van der Waals surface area contributed by atoms with Gasteiger partial charge in [-0.2, -0.15) is 0 Å². The number of carbonyl (C=O) groups is 2. The molecule has 4 rings (SSSR count). The van der Waals surface area contributed by atoms with Crippen LogP contribution in [0.15, 0.2) is 76.5 Å². The van der Waals surface area contributed by atoms with Crippen molar-refractivity contribution in [3.05, 3.63) is 89.0 Å². The van der Waals surface area contributed by atoms with Crippen molar-refractivity contribution in [1.29, 1.82) is 0 Å². The first-order chi connectivity index (χ1) is 11.6. The van der Waals surface area contributed by atoms with E-state index in [-0.39, 0.29) is 11.6 Å².